The fourth-order valence-corrected chi connectivity index (χ4v) is 2.64. The normalized spacial score (nSPS) is 14.4. The molecule has 0 bridgehead atoms. The number of ether oxygens (including phenoxy) is 1. The minimum absolute atomic E-state index is 0.600. The maximum absolute atomic E-state index is 11.9. The van der Waals surface area contributed by atoms with Crippen molar-refractivity contribution in [3.63, 3.8) is 0 Å². The van der Waals surface area contributed by atoms with Gasteiger partial charge in [0.2, 0.25) is 0 Å². The van der Waals surface area contributed by atoms with Crippen LogP contribution in [0, 0.1) is 0 Å². The number of hydrogen-bond donors (Lipinski definition) is 0. The molecule has 1 aliphatic heterocycles. The third kappa shape index (κ3) is 3.27. The summed E-state index contributed by atoms with van der Waals surface area (Å²) in [6, 6.07) is 17.9. The van der Waals surface area contributed by atoms with Crippen LogP contribution in [0.25, 0.3) is 6.08 Å². The molecule has 0 amide bonds. The summed E-state index contributed by atoms with van der Waals surface area (Å²) in [5.74, 6) is -1.54. The molecule has 24 heavy (non-hydrogen) atoms. The number of hydrogen-bond acceptors (Lipinski definition) is 4. The molecule has 1 aliphatic rings. The Labute approximate surface area is 140 Å². The van der Waals surface area contributed by atoms with Gasteiger partial charge in [-0.15, -0.1) is 0 Å². The number of carbonyl (C=O) groups excluding carboxylic acids is 2. The van der Waals surface area contributed by atoms with Gasteiger partial charge in [0, 0.05) is 24.0 Å². The van der Waals surface area contributed by atoms with E-state index in [2.05, 4.69) is 4.74 Å². The number of esters is 1. The van der Waals surface area contributed by atoms with E-state index in [4.69, 9.17) is 0 Å². The van der Waals surface area contributed by atoms with Crippen LogP contribution in [0.1, 0.15) is 11.1 Å². The molecule has 2 aromatic carbocycles. The summed E-state index contributed by atoms with van der Waals surface area (Å²) < 4.78 is 4.50. The molecule has 0 saturated heterocycles. The van der Waals surface area contributed by atoms with E-state index in [-0.39, 0.29) is 0 Å². The lowest BCUT2D eigenvalue weighted by Gasteiger charge is -2.30. The van der Waals surface area contributed by atoms with E-state index in [9.17, 15) is 9.59 Å². The van der Waals surface area contributed by atoms with E-state index in [1.54, 1.807) is 0 Å². The number of allylic oxidation sites excluding steroid dienone is 1. The van der Waals surface area contributed by atoms with Crippen molar-refractivity contribution in [2.45, 2.75) is 6.54 Å². The highest BCUT2D eigenvalue weighted by Gasteiger charge is 2.20. The Kier molecular flexibility index (Phi) is 4.57. The maximum atomic E-state index is 11.9. The Morgan fingerprint density at radius 1 is 1.00 bits per heavy atom. The Hall–Kier alpha value is -3.14. The van der Waals surface area contributed by atoms with Crippen molar-refractivity contribution in [1.29, 1.82) is 0 Å². The van der Waals surface area contributed by atoms with E-state index in [0.717, 1.165) is 16.8 Å². The van der Waals surface area contributed by atoms with E-state index in [0.29, 0.717) is 12.2 Å². The Morgan fingerprint density at radius 3 is 2.46 bits per heavy atom. The average molecular weight is 319 g/mol. The summed E-state index contributed by atoms with van der Waals surface area (Å²) in [7, 11) is 1.20. The molecule has 1 heterocycles. The lowest BCUT2D eigenvalue weighted by atomic mass is 10.0. The minimum atomic E-state index is -0.866. The number of fused-ring (bicyclic) bond motifs is 1. The van der Waals surface area contributed by atoms with E-state index in [1.807, 2.05) is 71.6 Å². The van der Waals surface area contributed by atoms with Crippen molar-refractivity contribution in [3.05, 3.63) is 83.6 Å². The molecule has 0 fully saturated rings. The van der Waals surface area contributed by atoms with Crippen LogP contribution in [-0.4, -0.2) is 18.9 Å². The SMILES string of the molecule is COC(=O)C(=O)/C=C1\C=Cc2ccccc2N1Cc1ccccc1. The van der Waals surface area contributed by atoms with Crippen LogP contribution in [0.3, 0.4) is 0 Å². The van der Waals surface area contributed by atoms with Crippen LogP contribution in [0.15, 0.2) is 72.4 Å². The molecule has 120 valence electrons. The summed E-state index contributed by atoms with van der Waals surface area (Å²) in [6.07, 6.45) is 5.10. The Bertz CT molecular complexity index is 822. The molecule has 0 saturated carbocycles. The van der Waals surface area contributed by atoms with Crippen LogP contribution in [0.5, 0.6) is 0 Å². The number of anilines is 1. The Balaban J connectivity index is 2.00. The van der Waals surface area contributed by atoms with Crippen LogP contribution in [0.4, 0.5) is 5.69 Å². The molecule has 3 rings (SSSR count). The molecule has 0 N–H and O–H groups in total. The number of rotatable bonds is 4. The zero-order valence-corrected chi connectivity index (χ0v) is 13.3. The standard InChI is InChI=1S/C20H17NO3/c1-24-20(23)19(22)13-17-12-11-16-9-5-6-10-18(16)21(17)14-15-7-3-2-4-8-15/h2-13H,14H2,1H3/b17-13+. The monoisotopic (exact) mass is 319 g/mol. The van der Waals surface area contributed by atoms with E-state index < -0.39 is 11.8 Å². The first-order chi connectivity index (χ1) is 11.7. The predicted molar refractivity (Wildman–Crippen MR) is 93.2 cm³/mol. The van der Waals surface area contributed by atoms with Crippen LogP contribution < -0.4 is 4.90 Å². The maximum Gasteiger partial charge on any atom is 0.378 e. The largest absolute Gasteiger partial charge is 0.463 e. The van der Waals surface area contributed by atoms with E-state index in [1.165, 1.54) is 13.2 Å². The molecule has 0 aromatic heterocycles. The summed E-state index contributed by atoms with van der Waals surface area (Å²) in [5, 5.41) is 0. The van der Waals surface area contributed by atoms with Crippen molar-refractivity contribution in [1.82, 2.24) is 0 Å². The topological polar surface area (TPSA) is 46.6 Å². The summed E-state index contributed by atoms with van der Waals surface area (Å²) >= 11 is 0. The molecular weight excluding hydrogens is 302 g/mol. The van der Waals surface area contributed by atoms with Crippen molar-refractivity contribution >= 4 is 23.5 Å². The van der Waals surface area contributed by atoms with Gasteiger partial charge in [-0.2, -0.15) is 0 Å². The van der Waals surface area contributed by atoms with Crippen LogP contribution >= 0.6 is 0 Å². The molecule has 0 atom stereocenters. The number of para-hydroxylation sites is 1. The highest BCUT2D eigenvalue weighted by atomic mass is 16.5. The first-order valence-corrected chi connectivity index (χ1v) is 7.61. The summed E-state index contributed by atoms with van der Waals surface area (Å²) in [6.45, 7) is 0.600. The van der Waals surface area contributed by atoms with Gasteiger partial charge in [-0.25, -0.2) is 4.79 Å². The summed E-state index contributed by atoms with van der Waals surface area (Å²) in [4.78, 5) is 25.4. The minimum Gasteiger partial charge on any atom is -0.463 e. The first kappa shape index (κ1) is 15.7. The molecule has 0 spiro atoms. The van der Waals surface area contributed by atoms with Crippen molar-refractivity contribution < 1.29 is 14.3 Å². The second-order valence-corrected chi connectivity index (χ2v) is 5.39. The summed E-state index contributed by atoms with van der Waals surface area (Å²) in [5.41, 5.74) is 3.83. The lowest BCUT2D eigenvalue weighted by Crippen LogP contribution is -2.25. The quantitative estimate of drug-likeness (QED) is 0.492. The highest BCUT2D eigenvalue weighted by Crippen LogP contribution is 2.32. The Morgan fingerprint density at radius 2 is 1.71 bits per heavy atom. The van der Waals surface area contributed by atoms with Gasteiger partial charge in [-0.3, -0.25) is 4.79 Å². The van der Waals surface area contributed by atoms with E-state index >= 15 is 0 Å². The second kappa shape index (κ2) is 6.96. The molecule has 0 unspecified atom stereocenters. The van der Waals surface area contributed by atoms with Crippen molar-refractivity contribution in [2.24, 2.45) is 0 Å². The fraction of sp³-hybridized carbons (Fsp3) is 0.100. The van der Waals surface area contributed by atoms with Crippen LogP contribution in [-0.2, 0) is 20.9 Å². The van der Waals surface area contributed by atoms with Crippen molar-refractivity contribution in [3.8, 4) is 0 Å². The lowest BCUT2D eigenvalue weighted by molar-refractivity contribution is -0.149. The molecule has 0 aliphatic carbocycles. The fourth-order valence-electron chi connectivity index (χ4n) is 2.64. The van der Waals surface area contributed by atoms with Gasteiger partial charge < -0.3 is 9.64 Å². The van der Waals surface area contributed by atoms with Crippen LogP contribution in [0.2, 0.25) is 0 Å². The van der Waals surface area contributed by atoms with Gasteiger partial charge in [-0.05, 0) is 23.3 Å². The van der Waals surface area contributed by atoms with Crippen molar-refractivity contribution in [2.75, 3.05) is 12.0 Å². The zero-order valence-electron chi connectivity index (χ0n) is 13.3. The third-order valence-electron chi connectivity index (χ3n) is 3.82. The number of carbonyl (C=O) groups is 2. The van der Waals surface area contributed by atoms with Gasteiger partial charge in [0.1, 0.15) is 0 Å². The van der Waals surface area contributed by atoms with Gasteiger partial charge in [0.15, 0.2) is 0 Å². The molecule has 4 heteroatoms. The number of nitrogens with zero attached hydrogens (tertiary/aromatic N) is 1. The zero-order chi connectivity index (χ0) is 16.9. The predicted octanol–water partition coefficient (Wildman–Crippen LogP) is 3.35. The molecule has 0 radical (unpaired) electrons. The van der Waals surface area contributed by atoms with Gasteiger partial charge >= 0.3 is 5.97 Å². The molecule has 4 nitrogen and oxygen atoms in total. The number of methoxy groups -OCH3 is 1. The number of benzene rings is 2. The third-order valence-corrected chi connectivity index (χ3v) is 3.82. The van der Waals surface area contributed by atoms with Gasteiger partial charge in [0.25, 0.3) is 5.78 Å². The number of ketones is 1. The highest BCUT2D eigenvalue weighted by molar-refractivity contribution is 6.38. The van der Waals surface area contributed by atoms with Gasteiger partial charge in [0.05, 0.1) is 7.11 Å². The second-order valence-electron chi connectivity index (χ2n) is 5.39. The molecular formula is C20H17NO3. The average Bonchev–Trinajstić information content (AvgIpc) is 2.63. The van der Waals surface area contributed by atoms with Gasteiger partial charge in [-0.1, -0.05) is 54.6 Å². The smallest absolute Gasteiger partial charge is 0.378 e. The molecule has 2 aromatic rings. The first-order valence-electron chi connectivity index (χ1n) is 7.61.